The van der Waals surface area contributed by atoms with E-state index in [1.165, 1.54) is 16.2 Å². The van der Waals surface area contributed by atoms with Crippen LogP contribution in [0.15, 0.2) is 18.2 Å². The Balaban J connectivity index is 1.82. The second-order valence-electron chi connectivity index (χ2n) is 4.74. The fraction of sp³-hybridized carbons (Fsp3) is 0.286. The Morgan fingerprint density at radius 1 is 1.50 bits per heavy atom. The van der Waals surface area contributed by atoms with Gasteiger partial charge < -0.3 is 10.4 Å². The smallest absolute Gasteiger partial charge is 0.261 e. The molecule has 3 N–H and O–H groups in total. The van der Waals surface area contributed by atoms with Crippen molar-refractivity contribution in [3.05, 3.63) is 39.9 Å². The summed E-state index contributed by atoms with van der Waals surface area (Å²) in [5, 5.41) is 16.5. The summed E-state index contributed by atoms with van der Waals surface area (Å²) in [6.45, 7) is 3.49. The number of phenolic OH excluding ortho intramolecular Hbond substituents is 1. The lowest BCUT2D eigenvalue weighted by molar-refractivity contribution is 0.102. The number of aromatic nitrogens is 1. The Morgan fingerprint density at radius 2 is 2.35 bits per heavy atom. The van der Waals surface area contributed by atoms with Crippen molar-refractivity contribution < 1.29 is 9.90 Å². The molecule has 0 bridgehead atoms. The zero-order valence-corrected chi connectivity index (χ0v) is 11.9. The highest BCUT2D eigenvalue weighted by Gasteiger charge is 2.18. The molecule has 0 spiro atoms. The molecule has 1 aliphatic heterocycles. The Kier molecular flexibility index (Phi) is 3.42. The molecule has 3 rings (SSSR count). The molecule has 0 atom stereocenters. The molecule has 0 saturated carbocycles. The van der Waals surface area contributed by atoms with Crippen molar-refractivity contribution in [2.24, 2.45) is 0 Å². The minimum atomic E-state index is -0.328. The molecule has 0 aliphatic carbocycles. The van der Waals surface area contributed by atoms with Gasteiger partial charge in [-0.3, -0.25) is 10.1 Å². The summed E-state index contributed by atoms with van der Waals surface area (Å²) < 4.78 is 0. The highest BCUT2D eigenvalue weighted by atomic mass is 32.1. The van der Waals surface area contributed by atoms with E-state index in [2.05, 4.69) is 15.6 Å². The van der Waals surface area contributed by atoms with Crippen LogP contribution in [0.4, 0.5) is 5.13 Å². The van der Waals surface area contributed by atoms with Crippen LogP contribution in [0.5, 0.6) is 5.75 Å². The minimum absolute atomic E-state index is 0.0213. The van der Waals surface area contributed by atoms with Crippen LogP contribution in [0.3, 0.4) is 0 Å². The van der Waals surface area contributed by atoms with E-state index in [0.29, 0.717) is 10.7 Å². The van der Waals surface area contributed by atoms with Crippen molar-refractivity contribution in [3.8, 4) is 5.75 Å². The molecule has 104 valence electrons. The third kappa shape index (κ3) is 2.39. The number of rotatable bonds is 2. The topological polar surface area (TPSA) is 74.2 Å². The number of para-hydroxylation sites is 1. The van der Waals surface area contributed by atoms with E-state index in [4.69, 9.17) is 0 Å². The van der Waals surface area contributed by atoms with Crippen LogP contribution in [-0.2, 0) is 13.0 Å². The Hall–Kier alpha value is -1.92. The molecule has 2 heterocycles. The highest BCUT2D eigenvalue weighted by molar-refractivity contribution is 7.15. The lowest BCUT2D eigenvalue weighted by Gasteiger charge is -2.09. The predicted octanol–water partition coefficient (Wildman–Crippen LogP) is 2.06. The average molecular weight is 289 g/mol. The fourth-order valence-corrected chi connectivity index (χ4v) is 3.16. The number of anilines is 1. The molecule has 2 aromatic rings. The number of nitrogens with zero attached hydrogens (tertiary/aromatic N) is 1. The molecule has 20 heavy (non-hydrogen) atoms. The lowest BCUT2D eigenvalue weighted by atomic mass is 10.1. The van der Waals surface area contributed by atoms with Crippen LogP contribution in [0, 0.1) is 6.92 Å². The number of benzene rings is 1. The molecule has 1 amide bonds. The number of phenols is 1. The maximum Gasteiger partial charge on any atom is 0.261 e. The van der Waals surface area contributed by atoms with Crippen LogP contribution < -0.4 is 10.6 Å². The summed E-state index contributed by atoms with van der Waals surface area (Å²) in [5.74, 6) is -0.307. The maximum atomic E-state index is 12.2. The van der Waals surface area contributed by atoms with Gasteiger partial charge in [0.2, 0.25) is 0 Å². The van der Waals surface area contributed by atoms with Gasteiger partial charge in [0.05, 0.1) is 11.3 Å². The summed E-state index contributed by atoms with van der Waals surface area (Å²) >= 11 is 1.48. The zero-order chi connectivity index (χ0) is 14.1. The Bertz CT molecular complexity index is 643. The van der Waals surface area contributed by atoms with Crippen LogP contribution in [-0.4, -0.2) is 22.5 Å². The molecule has 5 nitrogen and oxygen atoms in total. The van der Waals surface area contributed by atoms with Gasteiger partial charge in [-0.25, -0.2) is 4.98 Å². The van der Waals surface area contributed by atoms with Gasteiger partial charge in [0.1, 0.15) is 5.75 Å². The SMILES string of the molecule is Cc1cccc(C(=O)Nc2nc3c(s2)CNCC3)c1O. The minimum Gasteiger partial charge on any atom is -0.507 e. The highest BCUT2D eigenvalue weighted by Crippen LogP contribution is 2.27. The second kappa shape index (κ2) is 5.22. The quantitative estimate of drug-likeness (QED) is 0.791. The van der Waals surface area contributed by atoms with Crippen molar-refractivity contribution in [1.82, 2.24) is 10.3 Å². The molecule has 0 saturated heterocycles. The van der Waals surface area contributed by atoms with Crippen molar-refractivity contribution in [3.63, 3.8) is 0 Å². The molecule has 0 fully saturated rings. The van der Waals surface area contributed by atoms with Crippen LogP contribution in [0.2, 0.25) is 0 Å². The van der Waals surface area contributed by atoms with Crippen molar-refractivity contribution >= 4 is 22.4 Å². The molecule has 1 aliphatic rings. The summed E-state index contributed by atoms with van der Waals surface area (Å²) in [7, 11) is 0. The van der Waals surface area contributed by atoms with Crippen LogP contribution in [0.1, 0.15) is 26.5 Å². The number of hydrogen-bond donors (Lipinski definition) is 3. The average Bonchev–Trinajstić information content (AvgIpc) is 2.83. The third-order valence-electron chi connectivity index (χ3n) is 3.31. The maximum absolute atomic E-state index is 12.2. The monoisotopic (exact) mass is 289 g/mol. The molecule has 0 unspecified atom stereocenters. The molecular formula is C14H15N3O2S. The van der Waals surface area contributed by atoms with E-state index in [9.17, 15) is 9.90 Å². The van der Waals surface area contributed by atoms with E-state index < -0.39 is 0 Å². The summed E-state index contributed by atoms with van der Waals surface area (Å²) in [6, 6.07) is 5.12. The van der Waals surface area contributed by atoms with Crippen LogP contribution >= 0.6 is 11.3 Å². The van der Waals surface area contributed by atoms with E-state index >= 15 is 0 Å². The predicted molar refractivity (Wildman–Crippen MR) is 78.3 cm³/mol. The number of carbonyl (C=O) groups excluding carboxylic acids is 1. The molecule has 1 aromatic heterocycles. The molecule has 6 heteroatoms. The van der Waals surface area contributed by atoms with Gasteiger partial charge in [-0.15, -0.1) is 11.3 Å². The zero-order valence-electron chi connectivity index (χ0n) is 11.1. The number of aromatic hydroxyl groups is 1. The normalized spacial score (nSPS) is 13.8. The molecule has 0 radical (unpaired) electrons. The van der Waals surface area contributed by atoms with E-state index in [1.54, 1.807) is 25.1 Å². The Morgan fingerprint density at radius 3 is 3.15 bits per heavy atom. The van der Waals surface area contributed by atoms with E-state index in [0.717, 1.165) is 25.2 Å². The number of amides is 1. The lowest BCUT2D eigenvalue weighted by Crippen LogP contribution is -2.22. The molecular weight excluding hydrogens is 274 g/mol. The summed E-state index contributed by atoms with van der Waals surface area (Å²) in [5.41, 5.74) is 2.01. The number of aryl methyl sites for hydroxylation is 1. The largest absolute Gasteiger partial charge is 0.507 e. The van der Waals surface area contributed by atoms with E-state index in [-0.39, 0.29) is 17.2 Å². The number of hydrogen-bond acceptors (Lipinski definition) is 5. The summed E-state index contributed by atoms with van der Waals surface area (Å²) in [6.07, 6.45) is 0.886. The number of carbonyl (C=O) groups is 1. The molecule has 1 aromatic carbocycles. The van der Waals surface area contributed by atoms with Gasteiger partial charge in [0, 0.05) is 24.4 Å². The van der Waals surface area contributed by atoms with E-state index in [1.807, 2.05) is 0 Å². The number of nitrogens with one attached hydrogen (secondary N) is 2. The van der Waals surface area contributed by atoms with Crippen molar-refractivity contribution in [1.29, 1.82) is 0 Å². The van der Waals surface area contributed by atoms with Crippen molar-refractivity contribution in [2.45, 2.75) is 19.9 Å². The van der Waals surface area contributed by atoms with Gasteiger partial charge in [0.25, 0.3) is 5.91 Å². The van der Waals surface area contributed by atoms with Gasteiger partial charge in [-0.2, -0.15) is 0 Å². The van der Waals surface area contributed by atoms with Gasteiger partial charge in [-0.05, 0) is 18.6 Å². The second-order valence-corrected chi connectivity index (χ2v) is 5.82. The first kappa shape index (κ1) is 13.1. The first-order valence-corrected chi connectivity index (χ1v) is 7.26. The Labute approximate surface area is 120 Å². The number of fused-ring (bicyclic) bond motifs is 1. The first-order chi connectivity index (χ1) is 9.65. The van der Waals surface area contributed by atoms with Crippen LogP contribution in [0.25, 0.3) is 0 Å². The fourth-order valence-electron chi connectivity index (χ4n) is 2.19. The third-order valence-corrected chi connectivity index (χ3v) is 4.32. The van der Waals surface area contributed by atoms with Gasteiger partial charge in [0.15, 0.2) is 5.13 Å². The van der Waals surface area contributed by atoms with Gasteiger partial charge >= 0.3 is 0 Å². The van der Waals surface area contributed by atoms with Crippen molar-refractivity contribution in [2.75, 3.05) is 11.9 Å². The van der Waals surface area contributed by atoms with Gasteiger partial charge in [-0.1, -0.05) is 12.1 Å². The summed E-state index contributed by atoms with van der Waals surface area (Å²) in [4.78, 5) is 17.8. The first-order valence-electron chi connectivity index (χ1n) is 6.44. The number of thiazole rings is 1. The standard InChI is InChI=1S/C14H15N3O2S/c1-8-3-2-4-9(12(8)18)13(19)17-14-16-10-5-6-15-7-11(10)20-14/h2-4,15,18H,5-7H2,1H3,(H,16,17,19).